The maximum Gasteiger partial charge on any atom is 0.303 e. The lowest BCUT2D eigenvalue weighted by molar-refractivity contribution is -0.136. The Bertz CT molecular complexity index is 949. The van der Waals surface area contributed by atoms with Crippen molar-refractivity contribution >= 4 is 28.3 Å². The highest BCUT2D eigenvalue weighted by atomic mass is 16.4. The van der Waals surface area contributed by atoms with Gasteiger partial charge in [-0.1, -0.05) is 42.5 Å². The molecule has 1 amide bonds. The molecule has 0 aromatic heterocycles. The maximum absolute atomic E-state index is 12.7. The topological polar surface area (TPSA) is 86.6 Å². The zero-order chi connectivity index (χ0) is 17.8. The van der Waals surface area contributed by atoms with Crippen LogP contribution in [0, 0.1) is 0 Å². The smallest absolute Gasteiger partial charge is 0.303 e. The third kappa shape index (κ3) is 3.77. The molecule has 0 atom stereocenters. The van der Waals surface area contributed by atoms with Gasteiger partial charge in [-0.25, -0.2) is 0 Å². The van der Waals surface area contributed by atoms with E-state index in [1.54, 1.807) is 30.3 Å². The number of benzene rings is 3. The van der Waals surface area contributed by atoms with Crippen molar-refractivity contribution in [3.05, 3.63) is 71.8 Å². The predicted molar refractivity (Wildman–Crippen MR) is 96.0 cm³/mol. The second-order valence-electron chi connectivity index (χ2n) is 5.73. The number of carbonyl (C=O) groups is 2. The van der Waals surface area contributed by atoms with E-state index >= 15 is 0 Å². The Balaban J connectivity index is 1.87. The highest BCUT2D eigenvalue weighted by Gasteiger charge is 2.15. The number of carboxylic acid groups (broad SMARTS) is 1. The van der Waals surface area contributed by atoms with Crippen molar-refractivity contribution in [3.63, 3.8) is 0 Å². The minimum atomic E-state index is -0.866. The molecule has 0 saturated heterocycles. The van der Waals surface area contributed by atoms with Crippen molar-refractivity contribution in [1.29, 1.82) is 0 Å². The second-order valence-corrected chi connectivity index (χ2v) is 5.73. The summed E-state index contributed by atoms with van der Waals surface area (Å²) < 4.78 is 0. The Kier molecular flexibility index (Phi) is 4.66. The summed E-state index contributed by atoms with van der Waals surface area (Å²) in [6.45, 7) is 0. The molecule has 0 bridgehead atoms. The molecule has 5 heteroatoms. The molecule has 0 radical (unpaired) electrons. The molecular formula is C20H17NO4. The van der Waals surface area contributed by atoms with Crippen LogP contribution in [-0.4, -0.2) is 22.1 Å². The van der Waals surface area contributed by atoms with Gasteiger partial charge in [0, 0.05) is 12.1 Å². The predicted octanol–water partition coefficient (Wildman–Crippen LogP) is 3.81. The quantitative estimate of drug-likeness (QED) is 0.661. The number of anilines is 1. The zero-order valence-corrected chi connectivity index (χ0v) is 13.4. The number of aromatic hydroxyl groups is 1. The summed E-state index contributed by atoms with van der Waals surface area (Å²) in [7, 11) is 0. The first-order valence-electron chi connectivity index (χ1n) is 7.87. The SMILES string of the molecule is O=C(O)CCc1cccc(NC(=O)c2c(O)ccc3ccccc23)c1. The number of rotatable bonds is 5. The molecular weight excluding hydrogens is 318 g/mol. The molecule has 0 aliphatic heterocycles. The molecule has 3 aromatic rings. The lowest BCUT2D eigenvalue weighted by Crippen LogP contribution is -2.13. The molecule has 3 aromatic carbocycles. The number of aliphatic carboxylic acids is 1. The van der Waals surface area contributed by atoms with Crippen LogP contribution in [0.4, 0.5) is 5.69 Å². The van der Waals surface area contributed by atoms with Gasteiger partial charge in [-0.15, -0.1) is 0 Å². The number of phenols is 1. The molecule has 0 aliphatic carbocycles. The van der Waals surface area contributed by atoms with Gasteiger partial charge in [0.15, 0.2) is 0 Å². The van der Waals surface area contributed by atoms with Gasteiger partial charge in [0.2, 0.25) is 0 Å². The van der Waals surface area contributed by atoms with Gasteiger partial charge in [0.25, 0.3) is 5.91 Å². The summed E-state index contributed by atoms with van der Waals surface area (Å²) in [5, 5.41) is 23.2. The third-order valence-electron chi connectivity index (χ3n) is 3.95. The molecule has 0 saturated carbocycles. The number of nitrogens with one attached hydrogen (secondary N) is 1. The molecule has 0 spiro atoms. The van der Waals surface area contributed by atoms with Crippen molar-refractivity contribution < 1.29 is 19.8 Å². The van der Waals surface area contributed by atoms with E-state index in [1.807, 2.05) is 24.3 Å². The van der Waals surface area contributed by atoms with Crippen LogP contribution in [0.15, 0.2) is 60.7 Å². The van der Waals surface area contributed by atoms with E-state index in [2.05, 4.69) is 5.32 Å². The standard InChI is InChI=1S/C20H17NO4/c22-17-10-9-14-5-1-2-7-16(14)19(17)20(25)21-15-6-3-4-13(12-15)8-11-18(23)24/h1-7,9-10,12,22H,8,11H2,(H,21,25)(H,23,24). The van der Waals surface area contributed by atoms with E-state index < -0.39 is 11.9 Å². The average molecular weight is 335 g/mol. The first-order chi connectivity index (χ1) is 12.0. The maximum atomic E-state index is 12.7. The number of hydrogen-bond acceptors (Lipinski definition) is 3. The Hall–Kier alpha value is -3.34. The monoisotopic (exact) mass is 335 g/mol. The van der Waals surface area contributed by atoms with Crippen LogP contribution in [0.25, 0.3) is 10.8 Å². The normalized spacial score (nSPS) is 10.6. The molecule has 25 heavy (non-hydrogen) atoms. The fourth-order valence-corrected chi connectivity index (χ4v) is 2.75. The minimum Gasteiger partial charge on any atom is -0.507 e. The zero-order valence-electron chi connectivity index (χ0n) is 13.4. The van der Waals surface area contributed by atoms with Gasteiger partial charge in [-0.2, -0.15) is 0 Å². The largest absolute Gasteiger partial charge is 0.507 e. The van der Waals surface area contributed by atoms with Gasteiger partial charge < -0.3 is 15.5 Å². The molecule has 0 aliphatic rings. The Morgan fingerprint density at radius 2 is 1.76 bits per heavy atom. The first kappa shape index (κ1) is 16.5. The Labute approximate surface area is 144 Å². The van der Waals surface area contributed by atoms with E-state index in [4.69, 9.17) is 5.11 Å². The van der Waals surface area contributed by atoms with Crippen molar-refractivity contribution in [2.75, 3.05) is 5.32 Å². The van der Waals surface area contributed by atoms with Crippen molar-refractivity contribution in [2.24, 2.45) is 0 Å². The van der Waals surface area contributed by atoms with Gasteiger partial charge in [-0.05, 0) is 41.0 Å². The summed E-state index contributed by atoms with van der Waals surface area (Å²) in [4.78, 5) is 23.3. The second kappa shape index (κ2) is 7.05. The molecule has 3 N–H and O–H groups in total. The Morgan fingerprint density at radius 3 is 2.56 bits per heavy atom. The van der Waals surface area contributed by atoms with Crippen LogP contribution >= 0.6 is 0 Å². The summed E-state index contributed by atoms with van der Waals surface area (Å²) >= 11 is 0. The number of fused-ring (bicyclic) bond motifs is 1. The van der Waals surface area contributed by atoms with E-state index in [9.17, 15) is 14.7 Å². The van der Waals surface area contributed by atoms with Gasteiger partial charge >= 0.3 is 5.97 Å². The van der Waals surface area contributed by atoms with Gasteiger partial charge in [0.05, 0.1) is 5.56 Å². The number of amides is 1. The molecule has 5 nitrogen and oxygen atoms in total. The number of carbonyl (C=O) groups excluding carboxylic acids is 1. The fourth-order valence-electron chi connectivity index (χ4n) is 2.75. The third-order valence-corrected chi connectivity index (χ3v) is 3.95. The minimum absolute atomic E-state index is 0.0293. The van der Waals surface area contributed by atoms with Crippen LogP contribution in [0.2, 0.25) is 0 Å². The Morgan fingerprint density at radius 1 is 0.960 bits per heavy atom. The highest BCUT2D eigenvalue weighted by Crippen LogP contribution is 2.28. The number of phenolic OH excluding ortho intramolecular Hbond substituents is 1. The first-order valence-corrected chi connectivity index (χ1v) is 7.87. The lowest BCUT2D eigenvalue weighted by atomic mass is 10.0. The fraction of sp³-hybridized carbons (Fsp3) is 0.100. The lowest BCUT2D eigenvalue weighted by Gasteiger charge is -2.11. The van der Waals surface area contributed by atoms with Crippen LogP contribution in [0.1, 0.15) is 22.3 Å². The highest BCUT2D eigenvalue weighted by molar-refractivity contribution is 6.14. The van der Waals surface area contributed by atoms with Gasteiger partial charge in [-0.3, -0.25) is 9.59 Å². The molecule has 0 unspecified atom stereocenters. The van der Waals surface area contributed by atoms with Crippen molar-refractivity contribution in [3.8, 4) is 5.75 Å². The summed E-state index contributed by atoms with van der Waals surface area (Å²) in [5.41, 5.74) is 1.59. The summed E-state index contributed by atoms with van der Waals surface area (Å²) in [5.74, 6) is -1.36. The molecule has 126 valence electrons. The number of aryl methyl sites for hydroxylation is 1. The summed E-state index contributed by atoms with van der Waals surface area (Å²) in [6.07, 6.45) is 0.417. The molecule has 0 heterocycles. The van der Waals surface area contributed by atoms with E-state index in [0.29, 0.717) is 17.5 Å². The van der Waals surface area contributed by atoms with Crippen molar-refractivity contribution in [2.45, 2.75) is 12.8 Å². The molecule has 0 fully saturated rings. The number of hydrogen-bond donors (Lipinski definition) is 3. The van der Waals surface area contributed by atoms with E-state index in [-0.39, 0.29) is 17.7 Å². The van der Waals surface area contributed by atoms with Crippen LogP contribution in [0.3, 0.4) is 0 Å². The van der Waals surface area contributed by atoms with Crippen LogP contribution < -0.4 is 5.32 Å². The van der Waals surface area contributed by atoms with Crippen LogP contribution in [-0.2, 0) is 11.2 Å². The number of carboxylic acids is 1. The van der Waals surface area contributed by atoms with Crippen LogP contribution in [0.5, 0.6) is 5.75 Å². The van der Waals surface area contributed by atoms with E-state index in [0.717, 1.165) is 10.9 Å². The van der Waals surface area contributed by atoms with E-state index in [1.165, 1.54) is 6.07 Å². The molecule has 3 rings (SSSR count). The average Bonchev–Trinajstić information content (AvgIpc) is 2.60. The summed E-state index contributed by atoms with van der Waals surface area (Å²) in [6, 6.07) is 17.6. The van der Waals surface area contributed by atoms with Crippen molar-refractivity contribution in [1.82, 2.24) is 0 Å². The van der Waals surface area contributed by atoms with Gasteiger partial charge in [0.1, 0.15) is 5.75 Å².